The highest BCUT2D eigenvalue weighted by Crippen LogP contribution is 2.42. The van der Waals surface area contributed by atoms with Crippen LogP contribution in [0.25, 0.3) is 10.8 Å². The molecule has 0 heterocycles. The van der Waals surface area contributed by atoms with Gasteiger partial charge in [0.15, 0.2) is 0 Å². The Bertz CT molecular complexity index is 1240. The number of anilines is 1. The van der Waals surface area contributed by atoms with Crippen LogP contribution in [0.3, 0.4) is 0 Å². The van der Waals surface area contributed by atoms with E-state index in [2.05, 4.69) is 4.72 Å². The summed E-state index contributed by atoms with van der Waals surface area (Å²) in [4.78, 5) is 1.54. The topological polar surface area (TPSA) is 66.4 Å². The lowest BCUT2D eigenvalue weighted by Crippen LogP contribution is -2.15. The molecule has 0 spiro atoms. The fourth-order valence-corrected chi connectivity index (χ4v) is 5.25. The second kappa shape index (κ2) is 8.19. The first-order valence-corrected chi connectivity index (χ1v) is 11.5. The van der Waals surface area contributed by atoms with Gasteiger partial charge in [0.25, 0.3) is 0 Å². The number of hydrogen-bond donors (Lipinski definition) is 2. The van der Waals surface area contributed by atoms with E-state index >= 15 is 0 Å². The molecule has 6 heteroatoms. The highest BCUT2D eigenvalue weighted by Gasteiger charge is 2.17. The molecule has 0 amide bonds. The Kier molecular flexibility index (Phi) is 5.47. The zero-order valence-corrected chi connectivity index (χ0v) is 17.1. The van der Waals surface area contributed by atoms with Gasteiger partial charge in [-0.3, -0.25) is 4.72 Å². The van der Waals surface area contributed by atoms with Crippen molar-refractivity contribution >= 4 is 38.2 Å². The van der Waals surface area contributed by atoms with Crippen LogP contribution in [0.15, 0.2) is 101 Å². The molecular formula is C23H19NO3S2. The van der Waals surface area contributed by atoms with E-state index in [-0.39, 0.29) is 11.5 Å². The smallest absolute Gasteiger partial charge is 0.236 e. The summed E-state index contributed by atoms with van der Waals surface area (Å²) in [5.41, 5.74) is 1.16. The number of rotatable bonds is 6. The number of nitrogens with one attached hydrogen (secondary N) is 1. The van der Waals surface area contributed by atoms with Gasteiger partial charge in [0.1, 0.15) is 5.75 Å². The summed E-state index contributed by atoms with van der Waals surface area (Å²) in [7, 11) is -3.62. The minimum absolute atomic E-state index is 0.121. The van der Waals surface area contributed by atoms with E-state index in [4.69, 9.17) is 0 Å². The van der Waals surface area contributed by atoms with Crippen LogP contribution in [0.2, 0.25) is 0 Å². The minimum Gasteiger partial charge on any atom is -0.506 e. The maximum Gasteiger partial charge on any atom is 0.236 e. The summed E-state index contributed by atoms with van der Waals surface area (Å²) in [5, 5.41) is 12.0. The fourth-order valence-electron chi connectivity index (χ4n) is 3.11. The van der Waals surface area contributed by atoms with Gasteiger partial charge in [-0.2, -0.15) is 0 Å². The number of hydrogen-bond acceptors (Lipinski definition) is 4. The molecule has 0 bridgehead atoms. The van der Waals surface area contributed by atoms with Crippen molar-refractivity contribution in [1.82, 2.24) is 0 Å². The Morgan fingerprint density at radius 3 is 2.07 bits per heavy atom. The number of phenols is 1. The molecule has 4 nitrogen and oxygen atoms in total. The van der Waals surface area contributed by atoms with Gasteiger partial charge in [0, 0.05) is 15.7 Å². The van der Waals surface area contributed by atoms with Crippen LogP contribution in [0.1, 0.15) is 5.56 Å². The molecule has 0 aromatic heterocycles. The molecular weight excluding hydrogens is 402 g/mol. The minimum atomic E-state index is -3.62. The lowest BCUT2D eigenvalue weighted by atomic mass is 10.1. The molecule has 4 aromatic carbocycles. The van der Waals surface area contributed by atoms with Gasteiger partial charge in [-0.15, -0.1) is 0 Å². The largest absolute Gasteiger partial charge is 0.506 e. The summed E-state index contributed by atoms with van der Waals surface area (Å²) >= 11 is 1.39. The first-order valence-electron chi connectivity index (χ1n) is 9.04. The van der Waals surface area contributed by atoms with Crippen LogP contribution < -0.4 is 4.72 Å². The summed E-state index contributed by atoms with van der Waals surface area (Å²) in [5.74, 6) is 0.0185. The van der Waals surface area contributed by atoms with Crippen molar-refractivity contribution in [3.8, 4) is 5.75 Å². The Morgan fingerprint density at radius 2 is 1.38 bits per heavy atom. The number of sulfonamides is 1. The zero-order chi connectivity index (χ0) is 20.3. The molecule has 0 fully saturated rings. The zero-order valence-electron chi connectivity index (χ0n) is 15.4. The van der Waals surface area contributed by atoms with Gasteiger partial charge < -0.3 is 5.11 Å². The Balaban J connectivity index is 1.74. The van der Waals surface area contributed by atoms with Gasteiger partial charge in [-0.25, -0.2) is 8.42 Å². The van der Waals surface area contributed by atoms with Crippen molar-refractivity contribution < 1.29 is 13.5 Å². The van der Waals surface area contributed by atoms with E-state index in [1.165, 1.54) is 11.8 Å². The average molecular weight is 422 g/mol. The van der Waals surface area contributed by atoms with Gasteiger partial charge in [-0.05, 0) is 23.8 Å². The molecule has 29 heavy (non-hydrogen) atoms. The van der Waals surface area contributed by atoms with Crippen molar-refractivity contribution in [2.24, 2.45) is 0 Å². The van der Waals surface area contributed by atoms with Crippen LogP contribution in [0.5, 0.6) is 5.75 Å². The number of phenolic OH excluding ortho intramolecular Hbond substituents is 1. The van der Waals surface area contributed by atoms with Crippen molar-refractivity contribution in [3.63, 3.8) is 0 Å². The van der Waals surface area contributed by atoms with E-state index in [1.807, 2.05) is 60.7 Å². The van der Waals surface area contributed by atoms with Crippen LogP contribution in [0, 0.1) is 0 Å². The molecule has 0 saturated heterocycles. The van der Waals surface area contributed by atoms with Gasteiger partial charge in [0.2, 0.25) is 10.0 Å². The van der Waals surface area contributed by atoms with Crippen molar-refractivity contribution in [2.45, 2.75) is 15.5 Å². The third-order valence-electron chi connectivity index (χ3n) is 4.42. The van der Waals surface area contributed by atoms with E-state index < -0.39 is 10.0 Å². The number of benzene rings is 4. The van der Waals surface area contributed by atoms with Crippen LogP contribution in [-0.4, -0.2) is 13.5 Å². The first kappa shape index (κ1) is 19.4. The molecule has 0 aliphatic heterocycles. The standard InChI is InChI=1S/C23H19NO3S2/c25-23-20-14-8-7-13-19(20)21(15-22(23)28-18-11-5-2-6-12-18)24-29(26,27)16-17-9-3-1-4-10-17/h1-15,24-25H,16H2. The summed E-state index contributed by atoms with van der Waals surface area (Å²) < 4.78 is 28.3. The van der Waals surface area contributed by atoms with E-state index in [9.17, 15) is 13.5 Å². The Labute approximate surface area is 174 Å². The lowest BCUT2D eigenvalue weighted by Gasteiger charge is -2.15. The fraction of sp³-hybridized carbons (Fsp3) is 0.0435. The Morgan fingerprint density at radius 1 is 0.793 bits per heavy atom. The van der Waals surface area contributed by atoms with Crippen LogP contribution in [0.4, 0.5) is 5.69 Å². The van der Waals surface area contributed by atoms with Gasteiger partial charge in [0.05, 0.1) is 16.3 Å². The molecule has 0 radical (unpaired) electrons. The van der Waals surface area contributed by atoms with Crippen molar-refractivity contribution in [1.29, 1.82) is 0 Å². The molecule has 0 unspecified atom stereocenters. The normalized spacial score (nSPS) is 11.4. The van der Waals surface area contributed by atoms with Crippen molar-refractivity contribution in [2.75, 3.05) is 4.72 Å². The van der Waals surface area contributed by atoms with Crippen LogP contribution >= 0.6 is 11.8 Å². The monoisotopic (exact) mass is 421 g/mol. The molecule has 0 atom stereocenters. The molecule has 2 N–H and O–H groups in total. The van der Waals surface area contributed by atoms with Gasteiger partial charge in [-0.1, -0.05) is 84.6 Å². The molecule has 4 rings (SSSR count). The van der Waals surface area contributed by atoms with E-state index in [1.54, 1.807) is 30.3 Å². The number of fused-ring (bicyclic) bond motifs is 1. The number of aromatic hydroxyl groups is 1. The lowest BCUT2D eigenvalue weighted by molar-refractivity contribution is 0.469. The molecule has 4 aromatic rings. The quantitative estimate of drug-likeness (QED) is 0.396. The second-order valence-corrected chi connectivity index (χ2v) is 9.42. The second-order valence-electron chi connectivity index (χ2n) is 6.58. The SMILES string of the molecule is O=S(=O)(Cc1ccccc1)Nc1cc(Sc2ccccc2)c(O)c2ccccc12. The van der Waals surface area contributed by atoms with E-state index in [0.717, 1.165) is 4.90 Å². The third-order valence-corrected chi connectivity index (χ3v) is 6.70. The molecule has 0 saturated carbocycles. The molecule has 0 aliphatic carbocycles. The van der Waals surface area contributed by atoms with E-state index in [0.29, 0.717) is 26.9 Å². The predicted octanol–water partition coefficient (Wildman–Crippen LogP) is 5.64. The van der Waals surface area contributed by atoms with Crippen LogP contribution in [-0.2, 0) is 15.8 Å². The highest BCUT2D eigenvalue weighted by molar-refractivity contribution is 7.99. The van der Waals surface area contributed by atoms with Gasteiger partial charge >= 0.3 is 0 Å². The highest BCUT2D eigenvalue weighted by atomic mass is 32.2. The van der Waals surface area contributed by atoms with Crippen molar-refractivity contribution in [3.05, 3.63) is 96.6 Å². The summed E-state index contributed by atoms with van der Waals surface area (Å²) in [6.07, 6.45) is 0. The summed E-state index contributed by atoms with van der Waals surface area (Å²) in [6.45, 7) is 0. The predicted molar refractivity (Wildman–Crippen MR) is 119 cm³/mol. The third kappa shape index (κ3) is 4.55. The Hall–Kier alpha value is -2.96. The maximum absolute atomic E-state index is 12.8. The summed E-state index contributed by atoms with van der Waals surface area (Å²) in [6, 6.07) is 27.6. The maximum atomic E-state index is 12.8. The average Bonchev–Trinajstić information content (AvgIpc) is 2.72. The molecule has 0 aliphatic rings. The first-order chi connectivity index (χ1) is 14.0. The molecule has 146 valence electrons.